The van der Waals surface area contributed by atoms with Crippen LogP contribution in [0.1, 0.15) is 46.5 Å². The van der Waals surface area contributed by atoms with Crippen molar-refractivity contribution < 1.29 is 9.53 Å². The molecule has 0 bridgehead atoms. The maximum atomic E-state index is 10.9. The standard InChI is InChI=1S/C11H22O2/c1-4-11(12)6-5-8-13-9-7-10(2)3/h10H,4-9H2,1-3H3. The molecule has 2 nitrogen and oxygen atoms in total. The lowest BCUT2D eigenvalue weighted by Crippen LogP contribution is -2.03. The number of Topliss-reactive ketones (excluding diaryl/α,β-unsaturated/α-hetero) is 1. The highest BCUT2D eigenvalue weighted by atomic mass is 16.5. The molecule has 0 unspecified atom stereocenters. The second-order valence-corrected chi connectivity index (χ2v) is 3.79. The van der Waals surface area contributed by atoms with E-state index in [1.165, 1.54) is 0 Å². The minimum atomic E-state index is 0.340. The summed E-state index contributed by atoms with van der Waals surface area (Å²) < 4.78 is 5.39. The summed E-state index contributed by atoms with van der Waals surface area (Å²) in [5, 5.41) is 0. The molecule has 0 amide bonds. The zero-order chi connectivity index (χ0) is 10.1. The minimum Gasteiger partial charge on any atom is -0.381 e. The van der Waals surface area contributed by atoms with E-state index in [9.17, 15) is 4.79 Å². The summed E-state index contributed by atoms with van der Waals surface area (Å²) in [7, 11) is 0. The molecule has 0 aliphatic carbocycles. The predicted molar refractivity (Wildman–Crippen MR) is 54.8 cm³/mol. The lowest BCUT2D eigenvalue weighted by molar-refractivity contribution is -0.119. The van der Waals surface area contributed by atoms with Gasteiger partial charge in [-0.15, -0.1) is 0 Å². The van der Waals surface area contributed by atoms with Crippen LogP contribution in [0.3, 0.4) is 0 Å². The molecule has 0 aromatic heterocycles. The second-order valence-electron chi connectivity index (χ2n) is 3.79. The molecule has 0 aromatic rings. The number of ketones is 1. The van der Waals surface area contributed by atoms with Gasteiger partial charge in [0.05, 0.1) is 0 Å². The van der Waals surface area contributed by atoms with E-state index in [0.29, 0.717) is 24.5 Å². The lowest BCUT2D eigenvalue weighted by Gasteiger charge is -2.05. The average Bonchev–Trinajstić information content (AvgIpc) is 2.10. The summed E-state index contributed by atoms with van der Waals surface area (Å²) in [5.41, 5.74) is 0. The third-order valence-electron chi connectivity index (χ3n) is 1.98. The first kappa shape index (κ1) is 12.6. The summed E-state index contributed by atoms with van der Waals surface area (Å²) in [6.07, 6.45) is 3.33. The molecule has 0 heterocycles. The first-order chi connectivity index (χ1) is 6.16. The van der Waals surface area contributed by atoms with Crippen molar-refractivity contribution in [3.05, 3.63) is 0 Å². The van der Waals surface area contributed by atoms with Gasteiger partial charge in [-0.05, 0) is 18.8 Å². The second kappa shape index (κ2) is 8.24. The van der Waals surface area contributed by atoms with Crippen LogP contribution in [-0.4, -0.2) is 19.0 Å². The van der Waals surface area contributed by atoms with E-state index in [1.54, 1.807) is 0 Å². The third kappa shape index (κ3) is 9.54. The van der Waals surface area contributed by atoms with Crippen molar-refractivity contribution in [3.8, 4) is 0 Å². The fraction of sp³-hybridized carbons (Fsp3) is 0.909. The Bertz CT molecular complexity index is 130. The molecule has 0 rings (SSSR count). The molecular weight excluding hydrogens is 164 g/mol. The van der Waals surface area contributed by atoms with Gasteiger partial charge >= 0.3 is 0 Å². The van der Waals surface area contributed by atoms with Crippen LogP contribution in [0, 0.1) is 5.92 Å². The Balaban J connectivity index is 3.04. The Labute approximate surface area is 81.7 Å². The topological polar surface area (TPSA) is 26.3 Å². The van der Waals surface area contributed by atoms with Crippen molar-refractivity contribution in [2.24, 2.45) is 5.92 Å². The fourth-order valence-corrected chi connectivity index (χ4v) is 0.969. The number of rotatable bonds is 8. The Kier molecular flexibility index (Phi) is 8.00. The molecule has 0 atom stereocenters. The maximum Gasteiger partial charge on any atom is 0.132 e. The van der Waals surface area contributed by atoms with E-state index in [4.69, 9.17) is 4.74 Å². The normalized spacial score (nSPS) is 10.8. The smallest absolute Gasteiger partial charge is 0.132 e. The quantitative estimate of drug-likeness (QED) is 0.545. The van der Waals surface area contributed by atoms with Gasteiger partial charge in [0.15, 0.2) is 0 Å². The van der Waals surface area contributed by atoms with E-state index in [-0.39, 0.29) is 0 Å². The van der Waals surface area contributed by atoms with E-state index < -0.39 is 0 Å². The zero-order valence-electron chi connectivity index (χ0n) is 9.14. The molecule has 0 N–H and O–H groups in total. The monoisotopic (exact) mass is 186 g/mol. The summed E-state index contributed by atoms with van der Waals surface area (Å²) in [4.78, 5) is 10.9. The van der Waals surface area contributed by atoms with Gasteiger partial charge < -0.3 is 4.74 Å². The van der Waals surface area contributed by atoms with Gasteiger partial charge in [0.25, 0.3) is 0 Å². The SMILES string of the molecule is CCC(=O)CCCOCCC(C)C. The van der Waals surface area contributed by atoms with Crippen LogP contribution in [0.15, 0.2) is 0 Å². The maximum absolute atomic E-state index is 10.9. The van der Waals surface area contributed by atoms with E-state index in [1.807, 2.05) is 6.92 Å². The Morgan fingerprint density at radius 1 is 1.31 bits per heavy atom. The Hall–Kier alpha value is -0.370. The number of hydrogen-bond acceptors (Lipinski definition) is 2. The Morgan fingerprint density at radius 3 is 2.54 bits per heavy atom. The van der Waals surface area contributed by atoms with Crippen molar-refractivity contribution in [2.75, 3.05) is 13.2 Å². The molecule has 0 radical (unpaired) electrons. The molecule has 78 valence electrons. The zero-order valence-corrected chi connectivity index (χ0v) is 9.14. The van der Waals surface area contributed by atoms with E-state index in [2.05, 4.69) is 13.8 Å². The first-order valence-electron chi connectivity index (χ1n) is 5.26. The summed E-state index contributed by atoms with van der Waals surface area (Å²) >= 11 is 0. The summed E-state index contributed by atoms with van der Waals surface area (Å²) in [6, 6.07) is 0. The van der Waals surface area contributed by atoms with Crippen LogP contribution in [0.5, 0.6) is 0 Å². The summed E-state index contributed by atoms with van der Waals surface area (Å²) in [6.45, 7) is 7.84. The largest absolute Gasteiger partial charge is 0.381 e. The number of carbonyl (C=O) groups is 1. The Morgan fingerprint density at radius 2 is 2.00 bits per heavy atom. The van der Waals surface area contributed by atoms with Crippen molar-refractivity contribution in [3.63, 3.8) is 0 Å². The lowest BCUT2D eigenvalue weighted by atomic mass is 10.1. The molecule has 0 aromatic carbocycles. The van der Waals surface area contributed by atoms with Gasteiger partial charge in [0.1, 0.15) is 5.78 Å². The molecule has 0 aliphatic heterocycles. The van der Waals surface area contributed by atoms with E-state index >= 15 is 0 Å². The summed E-state index contributed by atoms with van der Waals surface area (Å²) in [5.74, 6) is 1.05. The number of carbonyl (C=O) groups excluding carboxylic acids is 1. The molecule has 0 spiro atoms. The third-order valence-corrected chi connectivity index (χ3v) is 1.98. The molecule has 13 heavy (non-hydrogen) atoms. The van der Waals surface area contributed by atoms with Crippen LogP contribution in [-0.2, 0) is 9.53 Å². The van der Waals surface area contributed by atoms with Gasteiger partial charge in [-0.25, -0.2) is 0 Å². The molecule has 0 fully saturated rings. The van der Waals surface area contributed by atoms with Crippen molar-refractivity contribution in [1.29, 1.82) is 0 Å². The van der Waals surface area contributed by atoms with Crippen LogP contribution in [0.2, 0.25) is 0 Å². The van der Waals surface area contributed by atoms with Crippen molar-refractivity contribution in [2.45, 2.75) is 46.5 Å². The van der Waals surface area contributed by atoms with Gasteiger partial charge in [-0.2, -0.15) is 0 Å². The van der Waals surface area contributed by atoms with Gasteiger partial charge in [0, 0.05) is 26.1 Å². The number of hydrogen-bond donors (Lipinski definition) is 0. The number of ether oxygens (including phenoxy) is 1. The molecule has 0 aliphatic rings. The van der Waals surface area contributed by atoms with E-state index in [0.717, 1.165) is 26.1 Å². The highest BCUT2D eigenvalue weighted by molar-refractivity contribution is 5.77. The van der Waals surface area contributed by atoms with Crippen LogP contribution < -0.4 is 0 Å². The highest BCUT2D eigenvalue weighted by Crippen LogP contribution is 2.00. The van der Waals surface area contributed by atoms with Crippen LogP contribution in [0.4, 0.5) is 0 Å². The van der Waals surface area contributed by atoms with Crippen LogP contribution in [0.25, 0.3) is 0 Å². The highest BCUT2D eigenvalue weighted by Gasteiger charge is 1.98. The average molecular weight is 186 g/mol. The minimum absolute atomic E-state index is 0.340. The van der Waals surface area contributed by atoms with Crippen LogP contribution >= 0.6 is 0 Å². The first-order valence-corrected chi connectivity index (χ1v) is 5.26. The molecular formula is C11H22O2. The van der Waals surface area contributed by atoms with Crippen molar-refractivity contribution in [1.82, 2.24) is 0 Å². The molecule has 2 heteroatoms. The molecule has 0 saturated heterocycles. The van der Waals surface area contributed by atoms with Gasteiger partial charge in [0.2, 0.25) is 0 Å². The van der Waals surface area contributed by atoms with Gasteiger partial charge in [-0.1, -0.05) is 20.8 Å². The fourth-order valence-electron chi connectivity index (χ4n) is 0.969. The molecule has 0 saturated carbocycles. The van der Waals surface area contributed by atoms with Gasteiger partial charge in [-0.3, -0.25) is 4.79 Å². The predicted octanol–water partition coefficient (Wildman–Crippen LogP) is 2.81. The van der Waals surface area contributed by atoms with Crippen molar-refractivity contribution >= 4 is 5.78 Å².